The molecule has 0 aliphatic carbocycles. The molecule has 2 aromatic rings. The van der Waals surface area contributed by atoms with Crippen LogP contribution in [-0.2, 0) is 16.0 Å². The zero-order valence-electron chi connectivity index (χ0n) is 14.3. The van der Waals surface area contributed by atoms with Crippen LogP contribution in [0.5, 0.6) is 0 Å². The van der Waals surface area contributed by atoms with Gasteiger partial charge in [-0.15, -0.1) is 0 Å². The SMILES string of the molecule is CCc1ccc(NC(=O)COC(=O)c2ccc(C(C)C)cc2)cc1. The van der Waals surface area contributed by atoms with Crippen LogP contribution in [0, 0.1) is 0 Å². The second kappa shape index (κ2) is 8.29. The lowest BCUT2D eigenvalue weighted by Crippen LogP contribution is -2.20. The quantitative estimate of drug-likeness (QED) is 0.811. The van der Waals surface area contributed by atoms with Crippen molar-refractivity contribution in [1.29, 1.82) is 0 Å². The van der Waals surface area contributed by atoms with Crippen LogP contribution < -0.4 is 5.32 Å². The van der Waals surface area contributed by atoms with Crippen molar-refractivity contribution >= 4 is 17.6 Å². The molecule has 126 valence electrons. The van der Waals surface area contributed by atoms with E-state index < -0.39 is 5.97 Å². The van der Waals surface area contributed by atoms with Crippen molar-refractivity contribution in [1.82, 2.24) is 0 Å². The number of nitrogens with one attached hydrogen (secondary N) is 1. The van der Waals surface area contributed by atoms with E-state index in [2.05, 4.69) is 26.1 Å². The fraction of sp³-hybridized carbons (Fsp3) is 0.300. The van der Waals surface area contributed by atoms with E-state index in [0.717, 1.165) is 12.0 Å². The fourth-order valence-electron chi connectivity index (χ4n) is 2.24. The molecule has 0 aliphatic rings. The van der Waals surface area contributed by atoms with Crippen molar-refractivity contribution in [2.24, 2.45) is 0 Å². The highest BCUT2D eigenvalue weighted by Crippen LogP contribution is 2.15. The molecule has 0 aromatic heterocycles. The molecule has 2 aromatic carbocycles. The van der Waals surface area contributed by atoms with Crippen LogP contribution in [0.4, 0.5) is 5.69 Å². The number of hydrogen-bond donors (Lipinski definition) is 1. The van der Waals surface area contributed by atoms with Gasteiger partial charge in [-0.3, -0.25) is 4.79 Å². The van der Waals surface area contributed by atoms with Gasteiger partial charge in [0.05, 0.1) is 5.56 Å². The number of rotatable bonds is 6. The van der Waals surface area contributed by atoms with E-state index in [1.54, 1.807) is 12.1 Å². The molecule has 0 spiro atoms. The summed E-state index contributed by atoms with van der Waals surface area (Å²) in [5.74, 6) is -0.451. The van der Waals surface area contributed by atoms with Gasteiger partial charge in [-0.2, -0.15) is 0 Å². The fourth-order valence-corrected chi connectivity index (χ4v) is 2.24. The van der Waals surface area contributed by atoms with Gasteiger partial charge in [0.2, 0.25) is 0 Å². The van der Waals surface area contributed by atoms with Gasteiger partial charge in [-0.25, -0.2) is 4.79 Å². The molecule has 1 amide bonds. The molecule has 0 fully saturated rings. The molecule has 0 aliphatic heterocycles. The van der Waals surface area contributed by atoms with Gasteiger partial charge < -0.3 is 10.1 Å². The number of benzene rings is 2. The summed E-state index contributed by atoms with van der Waals surface area (Å²) >= 11 is 0. The zero-order chi connectivity index (χ0) is 17.5. The number of aryl methyl sites for hydroxylation is 1. The number of esters is 1. The van der Waals surface area contributed by atoms with Crippen LogP contribution >= 0.6 is 0 Å². The maximum atomic E-state index is 12.0. The summed E-state index contributed by atoms with van der Waals surface area (Å²) in [7, 11) is 0. The third-order valence-corrected chi connectivity index (χ3v) is 3.79. The molecule has 1 N–H and O–H groups in total. The normalized spacial score (nSPS) is 10.5. The minimum atomic E-state index is -0.498. The van der Waals surface area contributed by atoms with Gasteiger partial charge in [0, 0.05) is 5.69 Å². The first-order chi connectivity index (χ1) is 11.5. The van der Waals surface area contributed by atoms with Crippen LogP contribution in [0.25, 0.3) is 0 Å². The maximum absolute atomic E-state index is 12.0. The molecule has 0 radical (unpaired) electrons. The van der Waals surface area contributed by atoms with Crippen molar-refractivity contribution < 1.29 is 14.3 Å². The van der Waals surface area contributed by atoms with Crippen molar-refractivity contribution in [3.63, 3.8) is 0 Å². The predicted octanol–water partition coefficient (Wildman–Crippen LogP) is 4.17. The maximum Gasteiger partial charge on any atom is 0.338 e. The van der Waals surface area contributed by atoms with E-state index in [0.29, 0.717) is 17.2 Å². The summed E-state index contributed by atoms with van der Waals surface area (Å²) in [6.45, 7) is 5.94. The highest BCUT2D eigenvalue weighted by atomic mass is 16.5. The Bertz CT molecular complexity index is 688. The van der Waals surface area contributed by atoms with Crippen LogP contribution in [0.2, 0.25) is 0 Å². The average molecular weight is 325 g/mol. The first-order valence-corrected chi connectivity index (χ1v) is 8.15. The molecule has 0 saturated heterocycles. The number of amides is 1. The largest absolute Gasteiger partial charge is 0.452 e. The standard InChI is InChI=1S/C20H23NO3/c1-4-15-5-11-18(12-6-15)21-19(22)13-24-20(23)17-9-7-16(8-10-17)14(2)3/h5-12,14H,4,13H2,1-3H3,(H,21,22). The summed E-state index contributed by atoms with van der Waals surface area (Å²) in [6, 6.07) is 14.8. The highest BCUT2D eigenvalue weighted by molar-refractivity contribution is 5.95. The summed E-state index contributed by atoms with van der Waals surface area (Å²) in [6.07, 6.45) is 0.946. The van der Waals surface area contributed by atoms with Gasteiger partial charge >= 0.3 is 5.97 Å². The summed E-state index contributed by atoms with van der Waals surface area (Å²) < 4.78 is 5.06. The second-order valence-corrected chi connectivity index (χ2v) is 5.95. The molecule has 0 atom stereocenters. The Kier molecular flexibility index (Phi) is 6.13. The van der Waals surface area contributed by atoms with Crippen LogP contribution in [0.1, 0.15) is 48.2 Å². The van der Waals surface area contributed by atoms with Crippen LogP contribution in [0.15, 0.2) is 48.5 Å². The molecule has 4 heteroatoms. The lowest BCUT2D eigenvalue weighted by Gasteiger charge is -2.08. The van der Waals surface area contributed by atoms with Gasteiger partial charge in [-0.1, -0.05) is 45.0 Å². The molecule has 0 bridgehead atoms. The third kappa shape index (κ3) is 4.95. The van der Waals surface area contributed by atoms with Gasteiger partial charge in [-0.05, 0) is 47.7 Å². The van der Waals surface area contributed by atoms with Crippen molar-refractivity contribution in [3.8, 4) is 0 Å². The van der Waals surface area contributed by atoms with Crippen LogP contribution in [0.3, 0.4) is 0 Å². The van der Waals surface area contributed by atoms with Crippen LogP contribution in [-0.4, -0.2) is 18.5 Å². The summed E-state index contributed by atoms with van der Waals surface area (Å²) in [4.78, 5) is 23.8. The molecular formula is C20H23NO3. The molecule has 0 heterocycles. The van der Waals surface area contributed by atoms with Crippen molar-refractivity contribution in [2.75, 3.05) is 11.9 Å². The van der Waals surface area contributed by atoms with Crippen molar-refractivity contribution in [3.05, 3.63) is 65.2 Å². The average Bonchev–Trinajstić information content (AvgIpc) is 2.60. The number of hydrogen-bond acceptors (Lipinski definition) is 3. The topological polar surface area (TPSA) is 55.4 Å². The Labute approximate surface area is 142 Å². The summed E-state index contributed by atoms with van der Waals surface area (Å²) in [5, 5.41) is 2.71. The van der Waals surface area contributed by atoms with E-state index in [-0.39, 0.29) is 12.5 Å². The molecular weight excluding hydrogens is 302 g/mol. The minimum absolute atomic E-state index is 0.305. The monoisotopic (exact) mass is 325 g/mol. The van der Waals surface area contributed by atoms with E-state index >= 15 is 0 Å². The Morgan fingerprint density at radius 3 is 2.17 bits per heavy atom. The minimum Gasteiger partial charge on any atom is -0.452 e. The van der Waals surface area contributed by atoms with Gasteiger partial charge in [0.1, 0.15) is 0 Å². The molecule has 24 heavy (non-hydrogen) atoms. The van der Waals surface area contributed by atoms with E-state index in [1.165, 1.54) is 5.56 Å². The molecule has 4 nitrogen and oxygen atoms in total. The van der Waals surface area contributed by atoms with Crippen molar-refractivity contribution in [2.45, 2.75) is 33.1 Å². The van der Waals surface area contributed by atoms with E-state index in [9.17, 15) is 9.59 Å². The number of anilines is 1. The zero-order valence-corrected chi connectivity index (χ0v) is 14.3. The smallest absolute Gasteiger partial charge is 0.338 e. The molecule has 2 rings (SSSR count). The Morgan fingerprint density at radius 1 is 1.00 bits per heavy atom. The number of ether oxygens (including phenoxy) is 1. The van der Waals surface area contributed by atoms with E-state index in [4.69, 9.17) is 4.74 Å². The highest BCUT2D eigenvalue weighted by Gasteiger charge is 2.11. The number of carbonyl (C=O) groups is 2. The molecule has 0 saturated carbocycles. The second-order valence-electron chi connectivity index (χ2n) is 5.95. The van der Waals surface area contributed by atoms with Gasteiger partial charge in [0.25, 0.3) is 5.91 Å². The first kappa shape index (κ1) is 17.7. The Morgan fingerprint density at radius 2 is 1.62 bits per heavy atom. The Balaban J connectivity index is 1.85. The number of carbonyl (C=O) groups excluding carboxylic acids is 2. The molecule has 0 unspecified atom stereocenters. The summed E-state index contributed by atoms with van der Waals surface area (Å²) in [5.41, 5.74) is 3.48. The predicted molar refractivity (Wildman–Crippen MR) is 95.3 cm³/mol. The Hall–Kier alpha value is -2.62. The first-order valence-electron chi connectivity index (χ1n) is 8.15. The van der Waals surface area contributed by atoms with E-state index in [1.807, 2.05) is 36.4 Å². The lowest BCUT2D eigenvalue weighted by molar-refractivity contribution is -0.119. The lowest BCUT2D eigenvalue weighted by atomic mass is 10.0. The third-order valence-electron chi connectivity index (χ3n) is 3.79. The van der Waals surface area contributed by atoms with Gasteiger partial charge in [0.15, 0.2) is 6.61 Å².